The summed E-state index contributed by atoms with van der Waals surface area (Å²) in [5, 5.41) is 0. The second-order valence-corrected chi connectivity index (χ2v) is 2.78. The van der Waals surface area contributed by atoms with E-state index in [4.69, 9.17) is 4.74 Å². The Morgan fingerprint density at radius 3 is 2.64 bits per heavy atom. The van der Waals surface area contributed by atoms with E-state index in [1.807, 2.05) is 39.0 Å². The first kappa shape index (κ1) is 8.05. The lowest BCUT2D eigenvalue weighted by atomic mass is 10.4. The van der Waals surface area contributed by atoms with Crippen LogP contribution in [0.5, 0.6) is 5.88 Å². The molecule has 0 aromatic carbocycles. The van der Waals surface area contributed by atoms with Crippen molar-refractivity contribution >= 4 is 0 Å². The predicted molar refractivity (Wildman–Crippen MR) is 44.7 cm³/mol. The number of aryl methyl sites for hydroxylation is 1. The normalized spacial score (nSPS) is 10.2. The van der Waals surface area contributed by atoms with Crippen LogP contribution in [-0.2, 0) is 0 Å². The molecule has 0 saturated carbocycles. The van der Waals surface area contributed by atoms with Crippen molar-refractivity contribution in [2.75, 3.05) is 0 Å². The van der Waals surface area contributed by atoms with Crippen molar-refractivity contribution < 1.29 is 4.74 Å². The van der Waals surface area contributed by atoms with Crippen LogP contribution in [0.3, 0.4) is 0 Å². The zero-order valence-corrected chi connectivity index (χ0v) is 7.16. The average molecular weight is 151 g/mol. The lowest BCUT2D eigenvalue weighted by molar-refractivity contribution is 0.232. The largest absolute Gasteiger partial charge is 0.475 e. The van der Waals surface area contributed by atoms with E-state index in [-0.39, 0.29) is 6.10 Å². The van der Waals surface area contributed by atoms with Gasteiger partial charge >= 0.3 is 0 Å². The molecule has 0 radical (unpaired) electrons. The van der Waals surface area contributed by atoms with Crippen molar-refractivity contribution in [1.29, 1.82) is 0 Å². The van der Waals surface area contributed by atoms with Crippen LogP contribution in [0.1, 0.15) is 19.5 Å². The molecule has 1 heterocycles. The van der Waals surface area contributed by atoms with E-state index in [0.29, 0.717) is 5.88 Å². The molecule has 2 heteroatoms. The minimum Gasteiger partial charge on any atom is -0.475 e. The van der Waals surface area contributed by atoms with Gasteiger partial charge in [0.1, 0.15) is 0 Å². The van der Waals surface area contributed by atoms with E-state index in [0.717, 1.165) is 5.69 Å². The van der Waals surface area contributed by atoms with Gasteiger partial charge in [-0.3, -0.25) is 0 Å². The quantitative estimate of drug-likeness (QED) is 0.646. The third kappa shape index (κ3) is 2.58. The molecule has 0 aliphatic carbocycles. The average Bonchev–Trinajstić information content (AvgIpc) is 1.85. The monoisotopic (exact) mass is 151 g/mol. The van der Waals surface area contributed by atoms with Gasteiger partial charge in [-0.15, -0.1) is 0 Å². The molecule has 1 rings (SSSR count). The highest BCUT2D eigenvalue weighted by atomic mass is 16.5. The maximum Gasteiger partial charge on any atom is 0.213 e. The highest BCUT2D eigenvalue weighted by molar-refractivity contribution is 5.14. The number of ether oxygens (including phenoxy) is 1. The molecule has 11 heavy (non-hydrogen) atoms. The number of rotatable bonds is 2. The molecule has 60 valence electrons. The van der Waals surface area contributed by atoms with Gasteiger partial charge in [-0.25, -0.2) is 4.98 Å². The highest BCUT2D eigenvalue weighted by Crippen LogP contribution is 2.08. The standard InChI is InChI=1S/C9H13NO/c1-7(2)11-9-6-4-5-8(3)10-9/h4-7H,1-3H3. The van der Waals surface area contributed by atoms with Gasteiger partial charge in [-0.05, 0) is 26.8 Å². The molecule has 0 atom stereocenters. The van der Waals surface area contributed by atoms with E-state index in [1.165, 1.54) is 0 Å². The fourth-order valence-electron chi connectivity index (χ4n) is 0.825. The molecule has 1 aromatic heterocycles. The topological polar surface area (TPSA) is 22.1 Å². The maximum atomic E-state index is 5.38. The zero-order chi connectivity index (χ0) is 8.27. The third-order valence-corrected chi connectivity index (χ3v) is 1.22. The smallest absolute Gasteiger partial charge is 0.213 e. The lowest BCUT2D eigenvalue weighted by Gasteiger charge is -2.07. The van der Waals surface area contributed by atoms with E-state index in [2.05, 4.69) is 4.98 Å². The predicted octanol–water partition coefficient (Wildman–Crippen LogP) is 2.18. The Morgan fingerprint density at radius 2 is 2.09 bits per heavy atom. The number of nitrogens with zero attached hydrogens (tertiary/aromatic N) is 1. The van der Waals surface area contributed by atoms with Crippen molar-refractivity contribution in [3.63, 3.8) is 0 Å². The first-order valence-corrected chi connectivity index (χ1v) is 3.79. The van der Waals surface area contributed by atoms with Crippen molar-refractivity contribution in [2.24, 2.45) is 0 Å². The Bertz CT molecular complexity index is 233. The first-order chi connectivity index (χ1) is 5.18. The Kier molecular flexibility index (Phi) is 2.47. The number of hydrogen-bond donors (Lipinski definition) is 0. The second-order valence-electron chi connectivity index (χ2n) is 2.78. The van der Waals surface area contributed by atoms with Gasteiger partial charge in [0.15, 0.2) is 0 Å². The van der Waals surface area contributed by atoms with Crippen LogP contribution < -0.4 is 4.74 Å². The molecule has 2 nitrogen and oxygen atoms in total. The number of aromatic nitrogens is 1. The summed E-state index contributed by atoms with van der Waals surface area (Å²) in [6.45, 7) is 5.93. The molecular formula is C9H13NO. The van der Waals surface area contributed by atoms with Gasteiger partial charge in [0, 0.05) is 11.8 Å². The van der Waals surface area contributed by atoms with Gasteiger partial charge in [0.05, 0.1) is 6.10 Å². The summed E-state index contributed by atoms with van der Waals surface area (Å²) in [7, 11) is 0. The minimum atomic E-state index is 0.198. The first-order valence-electron chi connectivity index (χ1n) is 3.79. The Balaban J connectivity index is 2.71. The van der Waals surface area contributed by atoms with E-state index in [9.17, 15) is 0 Å². The summed E-state index contributed by atoms with van der Waals surface area (Å²) in [6.07, 6.45) is 0.198. The van der Waals surface area contributed by atoms with Crippen LogP contribution in [-0.4, -0.2) is 11.1 Å². The van der Waals surface area contributed by atoms with Crippen molar-refractivity contribution in [2.45, 2.75) is 26.9 Å². The summed E-state index contributed by atoms with van der Waals surface area (Å²) in [5.74, 6) is 0.708. The summed E-state index contributed by atoms with van der Waals surface area (Å²) in [5.41, 5.74) is 0.989. The molecule has 1 aromatic rings. The summed E-state index contributed by atoms with van der Waals surface area (Å²) < 4.78 is 5.38. The van der Waals surface area contributed by atoms with Gasteiger partial charge in [-0.1, -0.05) is 6.07 Å². The third-order valence-electron chi connectivity index (χ3n) is 1.22. The lowest BCUT2D eigenvalue weighted by Crippen LogP contribution is -2.06. The molecular weight excluding hydrogens is 138 g/mol. The molecule has 0 amide bonds. The number of hydrogen-bond acceptors (Lipinski definition) is 2. The molecule has 0 saturated heterocycles. The molecule has 0 spiro atoms. The van der Waals surface area contributed by atoms with Crippen LogP contribution in [0.2, 0.25) is 0 Å². The fraction of sp³-hybridized carbons (Fsp3) is 0.444. The second kappa shape index (κ2) is 3.37. The van der Waals surface area contributed by atoms with Gasteiger partial charge in [0.2, 0.25) is 5.88 Å². The van der Waals surface area contributed by atoms with Crippen molar-refractivity contribution in [3.05, 3.63) is 23.9 Å². The summed E-state index contributed by atoms with van der Waals surface area (Å²) >= 11 is 0. The SMILES string of the molecule is Cc1cccc(OC(C)C)n1. The van der Waals surface area contributed by atoms with E-state index in [1.54, 1.807) is 0 Å². The van der Waals surface area contributed by atoms with Gasteiger partial charge in [0.25, 0.3) is 0 Å². The van der Waals surface area contributed by atoms with Crippen LogP contribution in [0.25, 0.3) is 0 Å². The van der Waals surface area contributed by atoms with Crippen LogP contribution in [0, 0.1) is 6.92 Å². The summed E-state index contributed by atoms with van der Waals surface area (Å²) in [4.78, 5) is 4.19. The molecule has 0 fully saturated rings. The van der Waals surface area contributed by atoms with E-state index < -0.39 is 0 Å². The molecule has 0 unspecified atom stereocenters. The molecule has 0 aliphatic rings. The van der Waals surface area contributed by atoms with Gasteiger partial charge < -0.3 is 4.74 Å². The van der Waals surface area contributed by atoms with Gasteiger partial charge in [-0.2, -0.15) is 0 Å². The summed E-state index contributed by atoms with van der Waals surface area (Å²) in [6, 6.07) is 5.76. The molecule has 0 N–H and O–H groups in total. The van der Waals surface area contributed by atoms with Crippen LogP contribution >= 0.6 is 0 Å². The zero-order valence-electron chi connectivity index (χ0n) is 7.16. The van der Waals surface area contributed by atoms with Crippen LogP contribution in [0.4, 0.5) is 0 Å². The molecule has 0 bridgehead atoms. The highest BCUT2D eigenvalue weighted by Gasteiger charge is 1.96. The number of pyridine rings is 1. The minimum absolute atomic E-state index is 0.198. The Hall–Kier alpha value is -1.05. The Morgan fingerprint density at radius 1 is 1.36 bits per heavy atom. The maximum absolute atomic E-state index is 5.38. The Labute approximate surface area is 67.2 Å². The van der Waals surface area contributed by atoms with Crippen LogP contribution in [0.15, 0.2) is 18.2 Å². The van der Waals surface area contributed by atoms with Crippen molar-refractivity contribution in [3.8, 4) is 5.88 Å². The van der Waals surface area contributed by atoms with E-state index >= 15 is 0 Å². The van der Waals surface area contributed by atoms with Crippen molar-refractivity contribution in [1.82, 2.24) is 4.98 Å². The fourth-order valence-corrected chi connectivity index (χ4v) is 0.825. The molecule has 0 aliphatic heterocycles.